The van der Waals surface area contributed by atoms with Crippen LogP contribution in [-0.4, -0.2) is 38.6 Å². The van der Waals surface area contributed by atoms with E-state index in [1.807, 2.05) is 18.2 Å². The maximum Gasteiger partial charge on any atom is 0.318 e. The summed E-state index contributed by atoms with van der Waals surface area (Å²) in [6, 6.07) is 5.61. The minimum absolute atomic E-state index is 0.168. The summed E-state index contributed by atoms with van der Waals surface area (Å²) in [5.41, 5.74) is 2.98. The molecule has 6 heteroatoms. The number of nitrogens with zero attached hydrogens (tertiary/aromatic N) is 1. The second kappa shape index (κ2) is 5.87. The molecule has 1 unspecified atom stereocenters. The Morgan fingerprint density at radius 3 is 3.19 bits per heavy atom. The van der Waals surface area contributed by atoms with E-state index in [0.717, 1.165) is 30.0 Å². The SMILES string of the molecule is CNC(=O)Nc1ccc2c(c1)/C(=C/C1CNC=N1)CCO2. The fourth-order valence-electron chi connectivity index (χ4n) is 2.47. The van der Waals surface area contributed by atoms with Crippen LogP contribution in [0.1, 0.15) is 12.0 Å². The van der Waals surface area contributed by atoms with Crippen molar-refractivity contribution in [3.05, 3.63) is 29.8 Å². The fourth-order valence-corrected chi connectivity index (χ4v) is 2.47. The van der Waals surface area contributed by atoms with Gasteiger partial charge in [-0.25, -0.2) is 4.79 Å². The first kappa shape index (κ1) is 13.5. The summed E-state index contributed by atoms with van der Waals surface area (Å²) in [6.07, 6.45) is 4.76. The van der Waals surface area contributed by atoms with Gasteiger partial charge in [0.25, 0.3) is 0 Å². The first-order valence-corrected chi connectivity index (χ1v) is 6.98. The van der Waals surface area contributed by atoms with Crippen molar-refractivity contribution in [1.82, 2.24) is 10.6 Å². The van der Waals surface area contributed by atoms with E-state index in [0.29, 0.717) is 6.61 Å². The highest BCUT2D eigenvalue weighted by Gasteiger charge is 2.18. The van der Waals surface area contributed by atoms with Gasteiger partial charge in [-0.1, -0.05) is 6.08 Å². The van der Waals surface area contributed by atoms with Crippen molar-refractivity contribution < 1.29 is 9.53 Å². The van der Waals surface area contributed by atoms with Crippen LogP contribution in [0.5, 0.6) is 5.75 Å². The highest BCUT2D eigenvalue weighted by Crippen LogP contribution is 2.35. The van der Waals surface area contributed by atoms with Gasteiger partial charge in [0.05, 0.1) is 19.0 Å². The Bertz CT molecular complexity index is 610. The highest BCUT2D eigenvalue weighted by molar-refractivity contribution is 5.90. The monoisotopic (exact) mass is 286 g/mol. The average molecular weight is 286 g/mol. The molecule has 2 amide bonds. The van der Waals surface area contributed by atoms with Gasteiger partial charge in [-0.05, 0) is 23.8 Å². The molecule has 1 aromatic rings. The van der Waals surface area contributed by atoms with E-state index in [1.54, 1.807) is 13.4 Å². The molecule has 0 saturated carbocycles. The molecule has 0 aliphatic carbocycles. The maximum atomic E-state index is 11.4. The standard InChI is InChI=1S/C15H18N4O2/c1-16-15(20)19-11-2-3-14-13(7-11)10(4-5-21-14)6-12-8-17-9-18-12/h2-3,6-7,9,12H,4-5,8H2,1H3,(H,17,18)(H2,16,19,20)/b10-6+. The number of hydrogen-bond donors (Lipinski definition) is 3. The number of anilines is 1. The topological polar surface area (TPSA) is 74.8 Å². The Morgan fingerprint density at radius 1 is 1.52 bits per heavy atom. The number of rotatable bonds is 2. The number of fused-ring (bicyclic) bond motifs is 1. The van der Waals surface area contributed by atoms with Crippen LogP contribution in [0, 0.1) is 0 Å². The van der Waals surface area contributed by atoms with Crippen LogP contribution in [0.25, 0.3) is 5.57 Å². The summed E-state index contributed by atoms with van der Waals surface area (Å²) in [4.78, 5) is 15.8. The summed E-state index contributed by atoms with van der Waals surface area (Å²) >= 11 is 0. The maximum absolute atomic E-state index is 11.4. The number of carbonyl (C=O) groups is 1. The van der Waals surface area contributed by atoms with Gasteiger partial charge in [0.1, 0.15) is 5.75 Å². The number of benzene rings is 1. The van der Waals surface area contributed by atoms with Crippen molar-refractivity contribution in [2.45, 2.75) is 12.5 Å². The molecule has 21 heavy (non-hydrogen) atoms. The summed E-state index contributed by atoms with van der Waals surface area (Å²) in [5.74, 6) is 0.852. The molecule has 0 spiro atoms. The lowest BCUT2D eigenvalue weighted by Gasteiger charge is -2.21. The zero-order valence-corrected chi connectivity index (χ0v) is 11.8. The van der Waals surface area contributed by atoms with Gasteiger partial charge in [0.2, 0.25) is 0 Å². The smallest absolute Gasteiger partial charge is 0.318 e. The predicted octanol–water partition coefficient (Wildman–Crippen LogP) is 1.60. The normalized spacial score (nSPS) is 21.4. The summed E-state index contributed by atoms with van der Waals surface area (Å²) in [6.45, 7) is 1.50. The Hall–Kier alpha value is -2.50. The van der Waals surface area contributed by atoms with Crippen LogP contribution in [0.3, 0.4) is 0 Å². The molecule has 1 aromatic carbocycles. The number of nitrogens with one attached hydrogen (secondary N) is 3. The molecule has 3 N–H and O–H groups in total. The van der Waals surface area contributed by atoms with Gasteiger partial charge in [-0.2, -0.15) is 0 Å². The third kappa shape index (κ3) is 2.99. The number of ether oxygens (including phenoxy) is 1. The van der Waals surface area contributed by atoms with Gasteiger partial charge in [-0.3, -0.25) is 4.99 Å². The number of hydrogen-bond acceptors (Lipinski definition) is 4. The fraction of sp³-hybridized carbons (Fsp3) is 0.333. The lowest BCUT2D eigenvalue weighted by Crippen LogP contribution is -2.24. The summed E-state index contributed by atoms with van der Waals surface area (Å²) in [5, 5.41) is 8.42. The number of aliphatic imine (C=N–C) groups is 1. The minimum Gasteiger partial charge on any atom is -0.493 e. The zero-order valence-electron chi connectivity index (χ0n) is 11.8. The molecule has 0 radical (unpaired) electrons. The van der Waals surface area contributed by atoms with Gasteiger partial charge in [-0.15, -0.1) is 0 Å². The van der Waals surface area contributed by atoms with Gasteiger partial charge in [0.15, 0.2) is 0 Å². The van der Waals surface area contributed by atoms with Crippen molar-refractivity contribution in [1.29, 1.82) is 0 Å². The largest absolute Gasteiger partial charge is 0.493 e. The molecule has 110 valence electrons. The molecule has 0 aromatic heterocycles. The van der Waals surface area contributed by atoms with E-state index in [2.05, 4.69) is 27.0 Å². The van der Waals surface area contributed by atoms with Crippen molar-refractivity contribution in [3.8, 4) is 5.75 Å². The number of amides is 2. The van der Waals surface area contributed by atoms with Crippen molar-refractivity contribution in [2.24, 2.45) is 4.99 Å². The molecule has 2 aliphatic rings. The van der Waals surface area contributed by atoms with E-state index in [9.17, 15) is 4.79 Å². The van der Waals surface area contributed by atoms with Crippen molar-refractivity contribution >= 4 is 23.6 Å². The Kier molecular flexibility index (Phi) is 3.77. The molecule has 0 fully saturated rings. The van der Waals surface area contributed by atoms with Gasteiger partial charge >= 0.3 is 6.03 Å². The first-order valence-electron chi connectivity index (χ1n) is 6.98. The van der Waals surface area contributed by atoms with E-state index in [4.69, 9.17) is 4.74 Å². The second-order valence-corrected chi connectivity index (χ2v) is 4.96. The summed E-state index contributed by atoms with van der Waals surface area (Å²) in [7, 11) is 1.59. The lowest BCUT2D eigenvalue weighted by molar-refractivity contribution is 0.254. The Labute approximate surface area is 123 Å². The third-order valence-electron chi connectivity index (χ3n) is 3.52. The van der Waals surface area contributed by atoms with Crippen LogP contribution in [-0.2, 0) is 0 Å². The summed E-state index contributed by atoms with van der Waals surface area (Å²) < 4.78 is 5.68. The lowest BCUT2D eigenvalue weighted by atomic mass is 9.97. The van der Waals surface area contributed by atoms with E-state index in [1.165, 1.54) is 5.57 Å². The molecule has 0 saturated heterocycles. The second-order valence-electron chi connectivity index (χ2n) is 4.96. The first-order chi connectivity index (χ1) is 10.3. The minimum atomic E-state index is -0.234. The highest BCUT2D eigenvalue weighted by atomic mass is 16.5. The van der Waals surface area contributed by atoms with Crippen molar-refractivity contribution in [3.63, 3.8) is 0 Å². The quantitative estimate of drug-likeness (QED) is 0.773. The number of urea groups is 1. The zero-order chi connectivity index (χ0) is 14.7. The van der Waals surface area contributed by atoms with Crippen LogP contribution in [0.4, 0.5) is 10.5 Å². The molecular weight excluding hydrogens is 268 g/mol. The van der Waals surface area contributed by atoms with Crippen LogP contribution >= 0.6 is 0 Å². The average Bonchev–Trinajstić information content (AvgIpc) is 3.01. The van der Waals surface area contributed by atoms with Crippen LogP contribution in [0.15, 0.2) is 29.3 Å². The molecule has 3 rings (SSSR count). The Balaban J connectivity index is 1.89. The number of carbonyl (C=O) groups excluding carboxylic acids is 1. The van der Waals surface area contributed by atoms with E-state index < -0.39 is 0 Å². The molecule has 0 bridgehead atoms. The molecule has 6 nitrogen and oxygen atoms in total. The molecule has 1 atom stereocenters. The molecule has 2 aliphatic heterocycles. The Morgan fingerprint density at radius 2 is 2.43 bits per heavy atom. The molecular formula is C15H18N4O2. The van der Waals surface area contributed by atoms with E-state index >= 15 is 0 Å². The van der Waals surface area contributed by atoms with Gasteiger partial charge in [0, 0.05) is 31.3 Å². The van der Waals surface area contributed by atoms with Crippen LogP contribution < -0.4 is 20.7 Å². The third-order valence-corrected chi connectivity index (χ3v) is 3.52. The van der Waals surface area contributed by atoms with E-state index in [-0.39, 0.29) is 12.1 Å². The van der Waals surface area contributed by atoms with Gasteiger partial charge < -0.3 is 20.7 Å². The van der Waals surface area contributed by atoms with Crippen molar-refractivity contribution in [2.75, 3.05) is 25.5 Å². The van der Waals surface area contributed by atoms with Crippen LogP contribution in [0.2, 0.25) is 0 Å². The molecule has 2 heterocycles. The predicted molar refractivity (Wildman–Crippen MR) is 82.9 cm³/mol.